The van der Waals surface area contributed by atoms with Crippen LogP contribution in [0, 0.1) is 34.0 Å². The van der Waals surface area contributed by atoms with Gasteiger partial charge in [-0.2, -0.15) is 0 Å². The summed E-state index contributed by atoms with van der Waals surface area (Å²) in [7, 11) is 1.59. The highest BCUT2D eigenvalue weighted by Crippen LogP contribution is 2.75. The lowest BCUT2D eigenvalue weighted by Crippen LogP contribution is -2.76. The van der Waals surface area contributed by atoms with Crippen molar-refractivity contribution in [2.75, 3.05) is 13.7 Å². The number of ketones is 1. The molecule has 1 aliphatic heterocycles. The fraction of sp³-hybridized carbons (Fsp3) is 0.778. The SMILES string of the molecule is C=C1C(=O)C23C(OC(C)=O)CC4C5(C)CCCC4(C(OC)OC5)C2C(OC(C)=O)CC1C3OC(C)=O. The number of hydrogen-bond donors (Lipinski definition) is 0. The van der Waals surface area contributed by atoms with Crippen LogP contribution in [0.5, 0.6) is 0 Å². The summed E-state index contributed by atoms with van der Waals surface area (Å²) in [4.78, 5) is 51.5. The predicted octanol–water partition coefficient (Wildman–Crippen LogP) is 2.74. The van der Waals surface area contributed by atoms with Gasteiger partial charge in [-0.1, -0.05) is 19.9 Å². The van der Waals surface area contributed by atoms with Gasteiger partial charge in [-0.15, -0.1) is 0 Å². The number of carbonyl (C=O) groups is 4. The molecule has 5 fully saturated rings. The van der Waals surface area contributed by atoms with E-state index in [1.807, 2.05) is 0 Å². The molecule has 0 aromatic heterocycles. The van der Waals surface area contributed by atoms with Gasteiger partial charge in [0.15, 0.2) is 12.1 Å². The van der Waals surface area contributed by atoms with Gasteiger partial charge in [0, 0.05) is 45.1 Å². The summed E-state index contributed by atoms with van der Waals surface area (Å²) >= 11 is 0. The molecule has 1 heterocycles. The molecule has 0 aromatic rings. The standard InChI is InChI=1S/C27H36O9/c1-13-17-10-18(34-14(2)28)21-26-9-7-8-25(5,12-33-24(26)32-6)19(26)11-20(35-15(3)29)27(21,22(13)31)23(17)36-16(4)30/h17-21,23-24H,1,7-12H2,2-6H3. The van der Waals surface area contributed by atoms with E-state index in [1.165, 1.54) is 20.8 Å². The Bertz CT molecular complexity index is 1020. The third-order valence-electron chi connectivity index (χ3n) is 9.89. The van der Waals surface area contributed by atoms with Crippen LogP contribution in [0.25, 0.3) is 0 Å². The van der Waals surface area contributed by atoms with E-state index in [1.54, 1.807) is 7.11 Å². The molecule has 4 bridgehead atoms. The first-order chi connectivity index (χ1) is 16.9. The molecule has 0 radical (unpaired) electrons. The third-order valence-corrected chi connectivity index (χ3v) is 9.89. The van der Waals surface area contributed by atoms with Crippen molar-refractivity contribution in [2.24, 2.45) is 34.0 Å². The molecular weight excluding hydrogens is 468 g/mol. The monoisotopic (exact) mass is 504 g/mol. The van der Waals surface area contributed by atoms with Crippen LogP contribution < -0.4 is 0 Å². The molecule has 4 saturated carbocycles. The lowest BCUT2D eigenvalue weighted by molar-refractivity contribution is -0.362. The van der Waals surface area contributed by atoms with Crippen LogP contribution in [-0.2, 0) is 42.9 Å². The quantitative estimate of drug-likeness (QED) is 0.324. The van der Waals surface area contributed by atoms with E-state index in [9.17, 15) is 19.2 Å². The first-order valence-corrected chi connectivity index (χ1v) is 12.8. The number of rotatable bonds is 4. The van der Waals surface area contributed by atoms with Crippen molar-refractivity contribution in [3.8, 4) is 0 Å². The minimum atomic E-state index is -1.45. The Kier molecular flexibility index (Phi) is 5.91. The number of carbonyl (C=O) groups excluding carboxylic acids is 4. The van der Waals surface area contributed by atoms with Gasteiger partial charge in [0.25, 0.3) is 0 Å². The largest absolute Gasteiger partial charge is 0.462 e. The van der Waals surface area contributed by atoms with Gasteiger partial charge in [0.2, 0.25) is 0 Å². The zero-order valence-corrected chi connectivity index (χ0v) is 21.7. The Hall–Kier alpha value is -2.26. The molecule has 5 rings (SSSR count). The molecule has 198 valence electrons. The molecule has 0 amide bonds. The van der Waals surface area contributed by atoms with E-state index in [2.05, 4.69) is 13.5 Å². The molecule has 0 aromatic carbocycles. The highest BCUT2D eigenvalue weighted by atomic mass is 16.7. The van der Waals surface area contributed by atoms with Crippen LogP contribution in [0.4, 0.5) is 0 Å². The Morgan fingerprint density at radius 1 is 1.00 bits per heavy atom. The van der Waals surface area contributed by atoms with Crippen molar-refractivity contribution >= 4 is 23.7 Å². The molecular formula is C27H36O9. The lowest BCUT2D eigenvalue weighted by atomic mass is 9.37. The maximum Gasteiger partial charge on any atom is 0.302 e. The van der Waals surface area contributed by atoms with Gasteiger partial charge < -0.3 is 23.7 Å². The number of hydrogen-bond acceptors (Lipinski definition) is 9. The zero-order valence-electron chi connectivity index (χ0n) is 21.7. The van der Waals surface area contributed by atoms with Gasteiger partial charge in [0.05, 0.1) is 6.61 Å². The highest BCUT2D eigenvalue weighted by molar-refractivity contribution is 6.05. The van der Waals surface area contributed by atoms with Crippen LogP contribution in [0.3, 0.4) is 0 Å². The molecule has 1 spiro atoms. The van der Waals surface area contributed by atoms with Gasteiger partial charge in [-0.05, 0) is 42.6 Å². The minimum Gasteiger partial charge on any atom is -0.462 e. The molecule has 10 atom stereocenters. The number of Topliss-reactive ketones (excluding diaryl/α,β-unsaturated/α-hetero) is 1. The van der Waals surface area contributed by atoms with Crippen molar-refractivity contribution in [1.82, 2.24) is 0 Å². The Morgan fingerprint density at radius 3 is 2.28 bits per heavy atom. The summed E-state index contributed by atoms with van der Waals surface area (Å²) in [6.07, 6.45) is 0.0363. The first kappa shape index (κ1) is 25.4. The summed E-state index contributed by atoms with van der Waals surface area (Å²) in [6.45, 7) is 10.7. The second kappa shape index (κ2) is 8.38. The van der Waals surface area contributed by atoms with E-state index in [0.717, 1.165) is 12.8 Å². The van der Waals surface area contributed by atoms with Crippen molar-refractivity contribution in [3.05, 3.63) is 12.2 Å². The highest BCUT2D eigenvalue weighted by Gasteiger charge is 2.82. The maximum atomic E-state index is 14.4. The summed E-state index contributed by atoms with van der Waals surface area (Å²) in [5.41, 5.74) is -2.11. The van der Waals surface area contributed by atoms with Crippen molar-refractivity contribution in [1.29, 1.82) is 0 Å². The van der Waals surface area contributed by atoms with Crippen molar-refractivity contribution < 1.29 is 42.9 Å². The minimum absolute atomic E-state index is 0.0355. The van der Waals surface area contributed by atoms with Crippen molar-refractivity contribution in [2.45, 2.75) is 84.4 Å². The first-order valence-electron chi connectivity index (χ1n) is 12.8. The average molecular weight is 505 g/mol. The molecule has 9 heteroatoms. The molecule has 36 heavy (non-hydrogen) atoms. The molecule has 5 aliphatic rings. The predicted molar refractivity (Wildman–Crippen MR) is 124 cm³/mol. The Labute approximate surface area is 211 Å². The third kappa shape index (κ3) is 3.14. The van der Waals surface area contributed by atoms with Gasteiger partial charge >= 0.3 is 17.9 Å². The topological polar surface area (TPSA) is 114 Å². The van der Waals surface area contributed by atoms with Gasteiger partial charge in [-0.3, -0.25) is 19.2 Å². The fourth-order valence-corrected chi connectivity index (χ4v) is 9.11. The van der Waals surface area contributed by atoms with Crippen molar-refractivity contribution in [3.63, 3.8) is 0 Å². The second-order valence-electron chi connectivity index (χ2n) is 11.7. The fourth-order valence-electron chi connectivity index (χ4n) is 9.11. The normalized spacial score (nSPS) is 46.9. The Balaban J connectivity index is 1.82. The zero-order chi connectivity index (χ0) is 26.2. The molecule has 10 unspecified atom stereocenters. The summed E-state index contributed by atoms with van der Waals surface area (Å²) in [6, 6.07) is 0. The van der Waals surface area contributed by atoms with E-state index >= 15 is 0 Å². The summed E-state index contributed by atoms with van der Waals surface area (Å²) in [5, 5.41) is 0. The summed E-state index contributed by atoms with van der Waals surface area (Å²) < 4.78 is 30.2. The lowest BCUT2D eigenvalue weighted by Gasteiger charge is -2.70. The second-order valence-corrected chi connectivity index (χ2v) is 11.7. The number of ether oxygens (including phenoxy) is 5. The van der Waals surface area contributed by atoms with E-state index in [4.69, 9.17) is 23.7 Å². The Morgan fingerprint density at radius 2 is 1.67 bits per heavy atom. The molecule has 4 aliphatic carbocycles. The number of methoxy groups -OCH3 is 1. The molecule has 0 N–H and O–H groups in total. The van der Waals surface area contributed by atoms with Gasteiger partial charge in [-0.25, -0.2) is 0 Å². The smallest absolute Gasteiger partial charge is 0.302 e. The number of fused-ring (bicyclic) bond motifs is 1. The molecule has 1 saturated heterocycles. The van der Waals surface area contributed by atoms with E-state index < -0.39 is 65.2 Å². The van der Waals surface area contributed by atoms with E-state index in [0.29, 0.717) is 25.0 Å². The van der Waals surface area contributed by atoms with Crippen LogP contribution in [0.15, 0.2) is 12.2 Å². The summed E-state index contributed by atoms with van der Waals surface area (Å²) in [5.74, 6) is -3.05. The maximum absolute atomic E-state index is 14.4. The van der Waals surface area contributed by atoms with E-state index in [-0.39, 0.29) is 23.5 Å². The average Bonchev–Trinajstić information content (AvgIpc) is 2.90. The van der Waals surface area contributed by atoms with Crippen LogP contribution in [-0.4, -0.2) is 62.0 Å². The van der Waals surface area contributed by atoms with Gasteiger partial charge in [0.1, 0.15) is 23.7 Å². The van der Waals surface area contributed by atoms with Crippen LogP contribution >= 0.6 is 0 Å². The van der Waals surface area contributed by atoms with Crippen LogP contribution in [0.2, 0.25) is 0 Å². The van der Waals surface area contributed by atoms with Crippen LogP contribution in [0.1, 0.15) is 59.8 Å². The number of esters is 3. The molecule has 9 nitrogen and oxygen atoms in total.